The molecule has 0 amide bonds. The van der Waals surface area contributed by atoms with Crippen LogP contribution >= 0.6 is 0 Å². The number of oxazole rings is 1. The topological polar surface area (TPSA) is 52.3 Å². The fraction of sp³-hybridized carbons (Fsp3) is 0.0526. The maximum atomic E-state index is 11.8. The van der Waals surface area contributed by atoms with E-state index >= 15 is 0 Å². The molecule has 0 radical (unpaired) electrons. The van der Waals surface area contributed by atoms with E-state index in [2.05, 4.69) is 11.1 Å². The zero-order valence-corrected chi connectivity index (χ0v) is 12.4. The lowest BCUT2D eigenvalue weighted by Gasteiger charge is -1.99. The smallest absolute Gasteiger partial charge is 0.340 e. The summed E-state index contributed by atoms with van der Waals surface area (Å²) in [6, 6.07) is 19.3. The van der Waals surface area contributed by atoms with Crippen molar-refractivity contribution in [1.82, 2.24) is 4.98 Å². The molecule has 0 spiro atoms. The van der Waals surface area contributed by atoms with E-state index in [9.17, 15) is 4.79 Å². The molecule has 1 aromatic heterocycles. The molecule has 0 saturated heterocycles. The summed E-state index contributed by atoms with van der Waals surface area (Å²) in [7, 11) is 1.35. The molecule has 3 aromatic carbocycles. The van der Waals surface area contributed by atoms with Crippen molar-refractivity contribution < 1.29 is 13.9 Å². The van der Waals surface area contributed by atoms with Crippen LogP contribution in [0.25, 0.3) is 33.3 Å². The number of methoxy groups -OCH3 is 1. The first kappa shape index (κ1) is 13.5. The second-order valence-electron chi connectivity index (χ2n) is 5.22. The van der Waals surface area contributed by atoms with Crippen molar-refractivity contribution in [2.75, 3.05) is 7.11 Å². The molecule has 0 atom stereocenters. The predicted octanol–water partition coefficient (Wildman–Crippen LogP) is 4.43. The highest BCUT2D eigenvalue weighted by atomic mass is 16.5. The van der Waals surface area contributed by atoms with E-state index in [-0.39, 0.29) is 0 Å². The highest BCUT2D eigenvalue weighted by molar-refractivity contribution is 6.02. The SMILES string of the molecule is COC(=O)c1cccc2oc(-c3ccc4ccccc4c3)nc12. The maximum absolute atomic E-state index is 11.8. The van der Waals surface area contributed by atoms with Crippen LogP contribution in [0.15, 0.2) is 65.1 Å². The van der Waals surface area contributed by atoms with Gasteiger partial charge in [-0.05, 0) is 35.0 Å². The Morgan fingerprint density at radius 1 is 1.00 bits per heavy atom. The van der Waals surface area contributed by atoms with E-state index in [4.69, 9.17) is 9.15 Å². The highest BCUT2D eigenvalue weighted by Crippen LogP contribution is 2.28. The monoisotopic (exact) mass is 303 g/mol. The van der Waals surface area contributed by atoms with Crippen molar-refractivity contribution in [3.63, 3.8) is 0 Å². The first-order chi connectivity index (χ1) is 11.3. The van der Waals surface area contributed by atoms with Gasteiger partial charge in [-0.3, -0.25) is 0 Å². The molecule has 0 bridgehead atoms. The van der Waals surface area contributed by atoms with Crippen molar-refractivity contribution in [2.45, 2.75) is 0 Å². The van der Waals surface area contributed by atoms with Gasteiger partial charge in [-0.25, -0.2) is 9.78 Å². The second-order valence-corrected chi connectivity index (χ2v) is 5.22. The van der Waals surface area contributed by atoms with Crippen LogP contribution in [0.4, 0.5) is 0 Å². The average Bonchev–Trinajstić information content (AvgIpc) is 3.04. The van der Waals surface area contributed by atoms with Gasteiger partial charge in [0.2, 0.25) is 5.89 Å². The molecule has 23 heavy (non-hydrogen) atoms. The Balaban J connectivity index is 1.89. The Morgan fingerprint density at radius 2 is 1.83 bits per heavy atom. The third-order valence-electron chi connectivity index (χ3n) is 3.82. The fourth-order valence-corrected chi connectivity index (χ4v) is 2.67. The summed E-state index contributed by atoms with van der Waals surface area (Å²) < 4.78 is 10.6. The molecule has 0 aliphatic heterocycles. The number of hydrogen-bond donors (Lipinski definition) is 0. The number of para-hydroxylation sites is 1. The molecule has 0 aliphatic carbocycles. The summed E-state index contributed by atoms with van der Waals surface area (Å²) in [5.74, 6) is 0.0658. The Morgan fingerprint density at radius 3 is 2.65 bits per heavy atom. The van der Waals surface area contributed by atoms with Gasteiger partial charge in [0.15, 0.2) is 5.58 Å². The van der Waals surface area contributed by atoms with Crippen LogP contribution in [-0.4, -0.2) is 18.1 Å². The normalized spacial score (nSPS) is 11.0. The molecule has 4 nitrogen and oxygen atoms in total. The van der Waals surface area contributed by atoms with Crippen LogP contribution in [0, 0.1) is 0 Å². The standard InChI is InChI=1S/C19H13NO3/c1-22-19(21)15-7-4-8-16-17(15)20-18(23-16)14-10-9-12-5-2-3-6-13(12)11-14/h2-11H,1H3. The molecule has 0 aliphatic rings. The minimum absolute atomic E-state index is 0.404. The van der Waals surface area contributed by atoms with E-state index in [1.165, 1.54) is 7.11 Å². The number of aromatic nitrogens is 1. The molecular formula is C19H13NO3. The van der Waals surface area contributed by atoms with Crippen LogP contribution in [0.2, 0.25) is 0 Å². The lowest BCUT2D eigenvalue weighted by molar-refractivity contribution is 0.0603. The quantitative estimate of drug-likeness (QED) is 0.514. The van der Waals surface area contributed by atoms with Gasteiger partial charge in [0.25, 0.3) is 0 Å². The van der Waals surface area contributed by atoms with Gasteiger partial charge in [-0.15, -0.1) is 0 Å². The molecule has 4 rings (SSSR count). The Kier molecular flexibility index (Phi) is 3.08. The second kappa shape index (κ2) is 5.25. The number of carbonyl (C=O) groups is 1. The molecule has 0 N–H and O–H groups in total. The van der Waals surface area contributed by atoms with E-state index in [1.807, 2.05) is 36.4 Å². The molecule has 4 aromatic rings. The number of nitrogens with zero attached hydrogens (tertiary/aromatic N) is 1. The molecule has 4 heteroatoms. The van der Waals surface area contributed by atoms with Gasteiger partial charge in [0.1, 0.15) is 5.52 Å². The van der Waals surface area contributed by atoms with E-state index in [0.717, 1.165) is 16.3 Å². The van der Waals surface area contributed by atoms with Crippen molar-refractivity contribution in [3.8, 4) is 11.5 Å². The molecule has 0 unspecified atom stereocenters. The number of ether oxygens (including phenoxy) is 1. The van der Waals surface area contributed by atoms with Crippen molar-refractivity contribution in [1.29, 1.82) is 0 Å². The van der Waals surface area contributed by atoms with Crippen molar-refractivity contribution in [2.24, 2.45) is 0 Å². The molecule has 0 fully saturated rings. The number of carbonyl (C=O) groups excluding carboxylic acids is 1. The van der Waals surface area contributed by atoms with Crippen LogP contribution in [0.1, 0.15) is 10.4 Å². The molecule has 112 valence electrons. The summed E-state index contributed by atoms with van der Waals surface area (Å²) in [5.41, 5.74) is 2.36. The van der Waals surface area contributed by atoms with Crippen LogP contribution in [0.5, 0.6) is 0 Å². The summed E-state index contributed by atoms with van der Waals surface area (Å²) in [6.07, 6.45) is 0. The maximum Gasteiger partial charge on any atom is 0.340 e. The number of benzene rings is 3. The van der Waals surface area contributed by atoms with E-state index < -0.39 is 5.97 Å². The highest BCUT2D eigenvalue weighted by Gasteiger charge is 2.16. The lowest BCUT2D eigenvalue weighted by Crippen LogP contribution is -2.01. The summed E-state index contributed by atoms with van der Waals surface area (Å²) in [4.78, 5) is 16.3. The number of fused-ring (bicyclic) bond motifs is 2. The third-order valence-corrected chi connectivity index (χ3v) is 3.82. The molecule has 1 heterocycles. The zero-order chi connectivity index (χ0) is 15.8. The third kappa shape index (κ3) is 2.25. The summed E-state index contributed by atoms with van der Waals surface area (Å²) >= 11 is 0. The van der Waals surface area contributed by atoms with Gasteiger partial charge in [-0.2, -0.15) is 0 Å². The van der Waals surface area contributed by atoms with Crippen LogP contribution in [0.3, 0.4) is 0 Å². The van der Waals surface area contributed by atoms with Crippen molar-refractivity contribution in [3.05, 3.63) is 66.2 Å². The summed E-state index contributed by atoms with van der Waals surface area (Å²) in [5, 5.41) is 2.27. The van der Waals surface area contributed by atoms with Crippen LogP contribution in [-0.2, 0) is 4.74 Å². The van der Waals surface area contributed by atoms with Gasteiger partial charge < -0.3 is 9.15 Å². The summed E-state index contributed by atoms with van der Waals surface area (Å²) in [6.45, 7) is 0. The Bertz CT molecular complexity index is 1030. The average molecular weight is 303 g/mol. The number of hydrogen-bond acceptors (Lipinski definition) is 4. The van der Waals surface area contributed by atoms with Gasteiger partial charge in [0.05, 0.1) is 12.7 Å². The van der Waals surface area contributed by atoms with E-state index in [0.29, 0.717) is 22.6 Å². The fourth-order valence-electron chi connectivity index (χ4n) is 2.67. The van der Waals surface area contributed by atoms with Gasteiger partial charge in [0, 0.05) is 5.56 Å². The minimum atomic E-state index is -0.422. The lowest BCUT2D eigenvalue weighted by atomic mass is 10.1. The molecular weight excluding hydrogens is 290 g/mol. The van der Waals surface area contributed by atoms with Gasteiger partial charge >= 0.3 is 5.97 Å². The van der Waals surface area contributed by atoms with Crippen molar-refractivity contribution >= 4 is 27.8 Å². The van der Waals surface area contributed by atoms with E-state index in [1.54, 1.807) is 18.2 Å². The largest absolute Gasteiger partial charge is 0.465 e. The number of rotatable bonds is 2. The Labute approximate surface area is 132 Å². The first-order valence-corrected chi connectivity index (χ1v) is 7.23. The predicted molar refractivity (Wildman–Crippen MR) is 88.3 cm³/mol. The minimum Gasteiger partial charge on any atom is -0.465 e. The zero-order valence-electron chi connectivity index (χ0n) is 12.4. The Hall–Kier alpha value is -3.14. The van der Waals surface area contributed by atoms with Gasteiger partial charge in [-0.1, -0.05) is 36.4 Å². The first-order valence-electron chi connectivity index (χ1n) is 7.23. The van der Waals surface area contributed by atoms with Crippen LogP contribution < -0.4 is 0 Å². The molecule has 0 saturated carbocycles. The number of esters is 1.